The van der Waals surface area contributed by atoms with Gasteiger partial charge in [0.25, 0.3) is 0 Å². The maximum atomic E-state index is 13.0. The number of esters is 1. The number of carbonyl (C=O) groups excluding carboxylic acids is 2. The highest BCUT2D eigenvalue weighted by Gasteiger charge is 2.56. The van der Waals surface area contributed by atoms with Crippen molar-refractivity contribution in [3.8, 4) is 5.88 Å². The summed E-state index contributed by atoms with van der Waals surface area (Å²) in [5.74, 6) is -0.823. The quantitative estimate of drug-likeness (QED) is 0.573. The SMILES string of the molecule is COc1nc2sccc2nc1C(=O)OC1CC2CCC(C(N)=O)(C1)N2Cc1ccccc1. The summed E-state index contributed by atoms with van der Waals surface area (Å²) in [5.41, 5.74) is 6.89. The first-order chi connectivity index (χ1) is 15.5. The molecule has 0 radical (unpaired) electrons. The monoisotopic (exact) mass is 452 g/mol. The second kappa shape index (κ2) is 8.14. The van der Waals surface area contributed by atoms with Gasteiger partial charge in [-0.2, -0.15) is 4.98 Å². The standard InChI is InChI=1S/C23H24N4O4S/c1-30-19-18(25-17-8-10-32-20(17)26-19)21(28)31-16-11-15-7-9-23(12-16,22(24)29)27(15)13-14-5-3-2-4-6-14/h2-6,8,10,15-16H,7,9,11-13H2,1H3,(H2,24,29). The summed E-state index contributed by atoms with van der Waals surface area (Å²) in [5, 5.41) is 1.86. The first-order valence-corrected chi connectivity index (χ1v) is 11.5. The van der Waals surface area contributed by atoms with Crippen LogP contribution in [0.2, 0.25) is 0 Å². The molecule has 0 spiro atoms. The zero-order valence-electron chi connectivity index (χ0n) is 17.7. The molecule has 2 aliphatic rings. The second-order valence-corrected chi connectivity index (χ2v) is 9.26. The lowest BCUT2D eigenvalue weighted by Gasteiger charge is -2.45. The van der Waals surface area contributed by atoms with Crippen LogP contribution in [0.4, 0.5) is 0 Å². The average Bonchev–Trinajstić information content (AvgIpc) is 3.33. The van der Waals surface area contributed by atoms with Crippen LogP contribution in [0.3, 0.4) is 0 Å². The molecular weight excluding hydrogens is 428 g/mol. The van der Waals surface area contributed by atoms with E-state index in [0.29, 0.717) is 36.2 Å². The van der Waals surface area contributed by atoms with Crippen LogP contribution >= 0.6 is 11.3 Å². The Bertz CT molecular complexity index is 1170. The number of rotatable bonds is 6. The largest absolute Gasteiger partial charge is 0.479 e. The molecule has 4 heterocycles. The minimum Gasteiger partial charge on any atom is -0.479 e. The molecule has 0 saturated carbocycles. The average molecular weight is 453 g/mol. The van der Waals surface area contributed by atoms with Gasteiger partial charge in [0, 0.05) is 25.4 Å². The van der Waals surface area contributed by atoms with Crippen molar-refractivity contribution in [3.05, 3.63) is 53.0 Å². The van der Waals surface area contributed by atoms with Crippen LogP contribution in [-0.4, -0.2) is 51.5 Å². The van der Waals surface area contributed by atoms with Gasteiger partial charge < -0.3 is 15.2 Å². The van der Waals surface area contributed by atoms with Crippen molar-refractivity contribution in [2.75, 3.05) is 7.11 Å². The molecule has 2 N–H and O–H groups in total. The van der Waals surface area contributed by atoms with Crippen LogP contribution < -0.4 is 10.5 Å². The third-order valence-electron chi connectivity index (χ3n) is 6.56. The van der Waals surface area contributed by atoms with E-state index in [0.717, 1.165) is 12.0 Å². The number of hydrogen-bond donors (Lipinski definition) is 1. The van der Waals surface area contributed by atoms with E-state index in [-0.39, 0.29) is 23.5 Å². The Morgan fingerprint density at radius 3 is 2.81 bits per heavy atom. The van der Waals surface area contributed by atoms with Gasteiger partial charge in [-0.25, -0.2) is 9.78 Å². The molecule has 8 nitrogen and oxygen atoms in total. The highest BCUT2D eigenvalue weighted by molar-refractivity contribution is 7.16. The predicted molar refractivity (Wildman–Crippen MR) is 119 cm³/mol. The molecule has 5 rings (SSSR count). The minimum absolute atomic E-state index is 0.0468. The first kappa shape index (κ1) is 20.8. The maximum Gasteiger partial charge on any atom is 0.362 e. The summed E-state index contributed by atoms with van der Waals surface area (Å²) in [4.78, 5) is 37.3. The summed E-state index contributed by atoms with van der Waals surface area (Å²) in [6, 6.07) is 12.0. The van der Waals surface area contributed by atoms with Crippen molar-refractivity contribution in [1.82, 2.24) is 14.9 Å². The summed E-state index contributed by atoms with van der Waals surface area (Å²) >= 11 is 1.42. The van der Waals surface area contributed by atoms with E-state index < -0.39 is 17.6 Å². The number of nitrogens with two attached hydrogens (primary N) is 1. The fourth-order valence-corrected chi connectivity index (χ4v) is 5.75. The number of carbonyl (C=O) groups is 2. The number of thiophene rings is 1. The van der Waals surface area contributed by atoms with Crippen molar-refractivity contribution >= 4 is 33.6 Å². The fourth-order valence-electron chi connectivity index (χ4n) is 5.06. The van der Waals surface area contributed by atoms with Crippen molar-refractivity contribution in [1.29, 1.82) is 0 Å². The zero-order chi connectivity index (χ0) is 22.3. The summed E-state index contributed by atoms with van der Waals surface area (Å²) in [6.07, 6.45) is 2.09. The van der Waals surface area contributed by atoms with Gasteiger partial charge in [0.15, 0.2) is 0 Å². The molecule has 3 unspecified atom stereocenters. The second-order valence-electron chi connectivity index (χ2n) is 8.36. The Morgan fingerprint density at radius 1 is 1.25 bits per heavy atom. The molecule has 2 saturated heterocycles. The number of nitrogens with zero attached hydrogens (tertiary/aromatic N) is 3. The molecule has 2 aromatic heterocycles. The minimum atomic E-state index is -0.823. The molecule has 2 bridgehead atoms. The van der Waals surface area contributed by atoms with Crippen molar-refractivity contribution < 1.29 is 19.1 Å². The lowest BCUT2D eigenvalue weighted by Crippen LogP contribution is -2.60. The number of hydrogen-bond acceptors (Lipinski definition) is 8. The Labute approximate surface area is 189 Å². The summed E-state index contributed by atoms with van der Waals surface area (Å²) in [6.45, 7) is 0.642. The summed E-state index contributed by atoms with van der Waals surface area (Å²) < 4.78 is 11.1. The number of amides is 1. The first-order valence-electron chi connectivity index (χ1n) is 10.6. The molecule has 2 fully saturated rings. The highest BCUT2D eigenvalue weighted by Crippen LogP contribution is 2.46. The van der Waals surface area contributed by atoms with Crippen LogP contribution in [0, 0.1) is 0 Å². The molecule has 1 aromatic carbocycles. The van der Waals surface area contributed by atoms with Crippen LogP contribution in [0.1, 0.15) is 41.7 Å². The van der Waals surface area contributed by atoms with Crippen LogP contribution in [-0.2, 0) is 16.1 Å². The van der Waals surface area contributed by atoms with E-state index in [2.05, 4.69) is 14.9 Å². The van der Waals surface area contributed by atoms with Gasteiger partial charge in [0.2, 0.25) is 17.5 Å². The number of ether oxygens (including phenoxy) is 2. The molecular formula is C23H24N4O4S. The Morgan fingerprint density at radius 2 is 2.06 bits per heavy atom. The van der Waals surface area contributed by atoms with E-state index in [4.69, 9.17) is 15.2 Å². The number of primary amides is 1. The van der Waals surface area contributed by atoms with Crippen LogP contribution in [0.25, 0.3) is 10.3 Å². The summed E-state index contributed by atoms with van der Waals surface area (Å²) in [7, 11) is 1.45. The van der Waals surface area contributed by atoms with E-state index in [1.54, 1.807) is 6.07 Å². The van der Waals surface area contributed by atoms with Gasteiger partial charge in [-0.1, -0.05) is 30.3 Å². The number of methoxy groups -OCH3 is 1. The van der Waals surface area contributed by atoms with Gasteiger partial charge in [0.05, 0.1) is 7.11 Å². The topological polar surface area (TPSA) is 108 Å². The lowest BCUT2D eigenvalue weighted by atomic mass is 9.85. The Balaban J connectivity index is 1.38. The number of piperidine rings is 1. The number of fused-ring (bicyclic) bond motifs is 3. The predicted octanol–water partition coefficient (Wildman–Crippen LogP) is 2.91. The normalized spacial score (nSPS) is 25.0. The Kier molecular flexibility index (Phi) is 5.30. The molecule has 166 valence electrons. The molecule has 32 heavy (non-hydrogen) atoms. The van der Waals surface area contributed by atoms with E-state index in [9.17, 15) is 9.59 Å². The zero-order valence-corrected chi connectivity index (χ0v) is 18.5. The lowest BCUT2D eigenvalue weighted by molar-refractivity contribution is -0.136. The van der Waals surface area contributed by atoms with E-state index in [1.807, 2.05) is 35.7 Å². The number of aromatic nitrogens is 2. The van der Waals surface area contributed by atoms with Gasteiger partial charge in [-0.3, -0.25) is 9.69 Å². The molecule has 2 aliphatic heterocycles. The van der Waals surface area contributed by atoms with Crippen molar-refractivity contribution in [2.24, 2.45) is 5.73 Å². The molecule has 1 amide bonds. The van der Waals surface area contributed by atoms with Gasteiger partial charge in [-0.15, -0.1) is 11.3 Å². The number of benzene rings is 1. The van der Waals surface area contributed by atoms with E-state index >= 15 is 0 Å². The van der Waals surface area contributed by atoms with Gasteiger partial charge in [-0.05, 0) is 29.9 Å². The molecule has 3 atom stereocenters. The Hall–Kier alpha value is -3.04. The van der Waals surface area contributed by atoms with Gasteiger partial charge in [0.1, 0.15) is 22.0 Å². The van der Waals surface area contributed by atoms with E-state index in [1.165, 1.54) is 18.4 Å². The molecule has 3 aromatic rings. The smallest absolute Gasteiger partial charge is 0.362 e. The van der Waals surface area contributed by atoms with Crippen LogP contribution in [0.5, 0.6) is 5.88 Å². The van der Waals surface area contributed by atoms with Gasteiger partial charge >= 0.3 is 5.97 Å². The molecule has 0 aliphatic carbocycles. The molecule has 9 heteroatoms. The van der Waals surface area contributed by atoms with Crippen LogP contribution in [0.15, 0.2) is 41.8 Å². The fraction of sp³-hybridized carbons (Fsp3) is 0.391. The van der Waals surface area contributed by atoms with Crippen molar-refractivity contribution in [3.63, 3.8) is 0 Å². The third kappa shape index (κ3) is 3.51. The maximum absolute atomic E-state index is 13.0. The van der Waals surface area contributed by atoms with Crippen molar-refractivity contribution in [2.45, 2.75) is 49.9 Å². The highest BCUT2D eigenvalue weighted by atomic mass is 32.1. The third-order valence-corrected chi connectivity index (χ3v) is 7.36.